The molecule has 0 radical (unpaired) electrons. The first-order chi connectivity index (χ1) is 15.3. The molecule has 0 aromatic heterocycles. The van der Waals surface area contributed by atoms with Gasteiger partial charge in [-0.2, -0.15) is 0 Å². The average molecular weight is 469 g/mol. The summed E-state index contributed by atoms with van der Waals surface area (Å²) < 4.78 is 0. The second kappa shape index (κ2) is 9.14. The highest BCUT2D eigenvalue weighted by Crippen LogP contribution is 2.37. The molecule has 32 heavy (non-hydrogen) atoms. The summed E-state index contributed by atoms with van der Waals surface area (Å²) >= 11 is 12.7. The van der Waals surface area contributed by atoms with E-state index in [1.807, 2.05) is 67.6 Å². The van der Waals surface area contributed by atoms with E-state index in [9.17, 15) is 9.90 Å². The zero-order valence-electron chi connectivity index (χ0n) is 18.1. The second-order valence-electron chi connectivity index (χ2n) is 8.41. The molecule has 4 rings (SSSR count). The van der Waals surface area contributed by atoms with Crippen molar-refractivity contribution in [2.75, 3.05) is 24.5 Å². The summed E-state index contributed by atoms with van der Waals surface area (Å²) in [6, 6.07) is 22.6. The third-order valence-electron chi connectivity index (χ3n) is 6.09. The predicted molar refractivity (Wildman–Crippen MR) is 130 cm³/mol. The first-order valence-electron chi connectivity index (χ1n) is 10.6. The van der Waals surface area contributed by atoms with Crippen LogP contribution in [0.5, 0.6) is 0 Å². The summed E-state index contributed by atoms with van der Waals surface area (Å²) in [5.74, 6) is -0.308. The molecule has 3 aromatic rings. The van der Waals surface area contributed by atoms with Crippen molar-refractivity contribution in [2.24, 2.45) is 0 Å². The maximum Gasteiger partial charge on any atom is 0.259 e. The lowest BCUT2D eigenvalue weighted by atomic mass is 9.93. The predicted octanol–water partition coefficient (Wildman–Crippen LogP) is 5.60. The quantitative estimate of drug-likeness (QED) is 0.541. The van der Waals surface area contributed by atoms with E-state index in [1.165, 1.54) is 0 Å². The number of rotatable bonds is 4. The summed E-state index contributed by atoms with van der Waals surface area (Å²) in [4.78, 5) is 17.4. The molecule has 1 N–H and O–H groups in total. The van der Waals surface area contributed by atoms with E-state index in [-0.39, 0.29) is 11.9 Å². The zero-order chi connectivity index (χ0) is 22.9. The highest BCUT2D eigenvalue weighted by Gasteiger charge is 2.40. The Morgan fingerprint density at radius 1 is 1.00 bits per heavy atom. The molecule has 0 aliphatic carbocycles. The molecule has 3 aromatic carbocycles. The maximum absolute atomic E-state index is 13.4. The molecule has 1 amide bonds. The number of piperazine rings is 1. The van der Waals surface area contributed by atoms with Gasteiger partial charge in [-0.3, -0.25) is 4.79 Å². The molecular formula is C26H26Cl2N2O2. The molecule has 0 unspecified atom stereocenters. The van der Waals surface area contributed by atoms with Gasteiger partial charge in [0, 0.05) is 24.7 Å². The van der Waals surface area contributed by atoms with Crippen LogP contribution in [0.2, 0.25) is 10.0 Å². The van der Waals surface area contributed by atoms with Gasteiger partial charge in [0.15, 0.2) is 5.60 Å². The minimum absolute atomic E-state index is 0.128. The summed E-state index contributed by atoms with van der Waals surface area (Å²) in [5.41, 5.74) is 2.03. The number of halogens is 2. The summed E-state index contributed by atoms with van der Waals surface area (Å²) in [6.07, 6.45) is 0. The highest BCUT2D eigenvalue weighted by molar-refractivity contribution is 6.33. The van der Waals surface area contributed by atoms with Crippen molar-refractivity contribution in [2.45, 2.75) is 25.5 Å². The minimum atomic E-state index is -1.60. The number of anilines is 1. The first kappa shape index (κ1) is 22.7. The number of aryl methyl sites for hydroxylation is 1. The van der Waals surface area contributed by atoms with Gasteiger partial charge < -0.3 is 14.9 Å². The van der Waals surface area contributed by atoms with Crippen LogP contribution in [0.25, 0.3) is 0 Å². The summed E-state index contributed by atoms with van der Waals surface area (Å²) in [7, 11) is 0. The molecule has 4 nitrogen and oxygen atoms in total. The summed E-state index contributed by atoms with van der Waals surface area (Å²) in [5, 5.41) is 12.5. The second-order valence-corrected chi connectivity index (χ2v) is 9.25. The molecule has 0 spiro atoms. The molecular weight excluding hydrogens is 443 g/mol. The molecule has 0 saturated carbocycles. The smallest absolute Gasteiger partial charge is 0.259 e. The zero-order valence-corrected chi connectivity index (χ0v) is 19.6. The van der Waals surface area contributed by atoms with Crippen LogP contribution in [0.15, 0.2) is 72.8 Å². The van der Waals surface area contributed by atoms with Gasteiger partial charge in [-0.15, -0.1) is 0 Å². The minimum Gasteiger partial charge on any atom is -0.376 e. The highest BCUT2D eigenvalue weighted by atomic mass is 35.5. The molecule has 166 valence electrons. The number of carbonyl (C=O) groups is 1. The Balaban J connectivity index is 1.67. The number of amides is 1. The van der Waals surface area contributed by atoms with Crippen LogP contribution in [0.3, 0.4) is 0 Å². The number of benzene rings is 3. The van der Waals surface area contributed by atoms with E-state index in [4.69, 9.17) is 23.2 Å². The average Bonchev–Trinajstić information content (AvgIpc) is 2.79. The third kappa shape index (κ3) is 4.49. The monoisotopic (exact) mass is 468 g/mol. The van der Waals surface area contributed by atoms with Crippen molar-refractivity contribution in [3.8, 4) is 0 Å². The number of nitrogens with zero attached hydrogens (tertiary/aromatic N) is 2. The van der Waals surface area contributed by atoms with Crippen molar-refractivity contribution in [1.82, 2.24) is 4.90 Å². The Labute approximate surface area is 199 Å². The van der Waals surface area contributed by atoms with Crippen LogP contribution < -0.4 is 4.90 Å². The molecule has 1 fully saturated rings. The lowest BCUT2D eigenvalue weighted by Gasteiger charge is -2.45. The van der Waals surface area contributed by atoms with Crippen molar-refractivity contribution in [3.63, 3.8) is 0 Å². The fraction of sp³-hybridized carbons (Fsp3) is 0.269. The van der Waals surface area contributed by atoms with Gasteiger partial charge in [0.1, 0.15) is 0 Å². The van der Waals surface area contributed by atoms with Crippen LogP contribution in [-0.4, -0.2) is 35.5 Å². The molecule has 2 atom stereocenters. The number of aliphatic hydroxyl groups is 1. The Morgan fingerprint density at radius 2 is 1.69 bits per heavy atom. The number of hydrogen-bond donors (Lipinski definition) is 1. The van der Waals surface area contributed by atoms with E-state index in [1.54, 1.807) is 24.0 Å². The van der Waals surface area contributed by atoms with Gasteiger partial charge in [0.2, 0.25) is 0 Å². The van der Waals surface area contributed by atoms with E-state index in [0.717, 1.165) is 16.8 Å². The standard InChI is InChI=1S/C26H26Cl2N2O2/c1-18-8-13-23(22(28)16-18)30-15-14-29(17-24(30)19-9-11-21(27)12-10-19)25(31)26(2,32)20-6-4-3-5-7-20/h3-13,16,24,32H,14-15,17H2,1-2H3/t24-,26+/m0/s1. The van der Waals surface area contributed by atoms with Gasteiger partial charge in [-0.25, -0.2) is 0 Å². The van der Waals surface area contributed by atoms with Crippen LogP contribution in [0.1, 0.15) is 29.7 Å². The fourth-order valence-corrected chi connectivity index (χ4v) is 4.73. The van der Waals surface area contributed by atoms with E-state index < -0.39 is 5.60 Å². The van der Waals surface area contributed by atoms with Gasteiger partial charge >= 0.3 is 0 Å². The fourth-order valence-electron chi connectivity index (χ4n) is 4.26. The van der Waals surface area contributed by atoms with Crippen molar-refractivity contribution < 1.29 is 9.90 Å². The molecule has 1 saturated heterocycles. The van der Waals surface area contributed by atoms with Crippen LogP contribution in [0.4, 0.5) is 5.69 Å². The maximum atomic E-state index is 13.4. The summed E-state index contributed by atoms with van der Waals surface area (Å²) in [6.45, 7) is 5.07. The van der Waals surface area contributed by atoms with Crippen LogP contribution >= 0.6 is 23.2 Å². The van der Waals surface area contributed by atoms with Crippen LogP contribution in [-0.2, 0) is 10.4 Å². The Bertz CT molecular complexity index is 1100. The molecule has 1 aliphatic heterocycles. The topological polar surface area (TPSA) is 43.8 Å². The van der Waals surface area contributed by atoms with Gasteiger partial charge in [-0.05, 0) is 54.8 Å². The van der Waals surface area contributed by atoms with Gasteiger partial charge in [0.25, 0.3) is 5.91 Å². The van der Waals surface area contributed by atoms with E-state index in [0.29, 0.717) is 35.2 Å². The van der Waals surface area contributed by atoms with Gasteiger partial charge in [0.05, 0.1) is 16.8 Å². The molecule has 6 heteroatoms. The van der Waals surface area contributed by atoms with Crippen molar-refractivity contribution in [1.29, 1.82) is 0 Å². The SMILES string of the molecule is Cc1ccc(N2CCN(C(=O)[C@](C)(O)c3ccccc3)C[C@H]2c2ccc(Cl)cc2)c(Cl)c1. The normalized spacial score (nSPS) is 18.3. The number of carbonyl (C=O) groups excluding carboxylic acids is 1. The largest absolute Gasteiger partial charge is 0.376 e. The lowest BCUT2D eigenvalue weighted by Crippen LogP contribution is -2.55. The van der Waals surface area contributed by atoms with E-state index >= 15 is 0 Å². The molecule has 1 aliphatic rings. The Kier molecular flexibility index (Phi) is 6.47. The Hall–Kier alpha value is -2.53. The first-order valence-corrected chi connectivity index (χ1v) is 11.4. The third-order valence-corrected chi connectivity index (χ3v) is 6.64. The lowest BCUT2D eigenvalue weighted by molar-refractivity contribution is -0.151. The molecule has 0 bridgehead atoms. The van der Waals surface area contributed by atoms with E-state index in [2.05, 4.69) is 4.90 Å². The van der Waals surface area contributed by atoms with Crippen LogP contribution in [0, 0.1) is 6.92 Å². The molecule has 1 heterocycles. The Morgan fingerprint density at radius 3 is 2.34 bits per heavy atom. The number of hydrogen-bond acceptors (Lipinski definition) is 3. The van der Waals surface area contributed by atoms with Gasteiger partial charge in [-0.1, -0.05) is 71.7 Å². The van der Waals surface area contributed by atoms with Crippen molar-refractivity contribution in [3.05, 3.63) is 99.5 Å². The van der Waals surface area contributed by atoms with Crippen molar-refractivity contribution >= 4 is 34.8 Å².